The van der Waals surface area contributed by atoms with Crippen molar-refractivity contribution in [2.24, 2.45) is 0 Å². The van der Waals surface area contributed by atoms with Crippen molar-refractivity contribution in [3.05, 3.63) is 75.3 Å². The first-order valence-electron chi connectivity index (χ1n) is 7.42. The maximum atomic E-state index is 12.8. The monoisotopic (exact) mass is 312 g/mol. The van der Waals surface area contributed by atoms with Gasteiger partial charge in [-0.3, -0.25) is 9.36 Å². The molecule has 0 bridgehead atoms. The first kappa shape index (κ1) is 14.8. The Balaban J connectivity index is 2.18. The molecule has 0 atom stereocenters. The molecule has 112 valence electrons. The van der Waals surface area contributed by atoms with Crippen LogP contribution in [0.4, 0.5) is 0 Å². The van der Waals surface area contributed by atoms with Gasteiger partial charge in [-0.25, -0.2) is 4.98 Å². The van der Waals surface area contributed by atoms with Crippen molar-refractivity contribution in [1.82, 2.24) is 9.55 Å². The number of hydrogen-bond acceptors (Lipinski definition) is 2. The van der Waals surface area contributed by atoms with Gasteiger partial charge in [-0.15, -0.1) is 0 Å². The highest BCUT2D eigenvalue weighted by molar-refractivity contribution is 6.31. The molecule has 0 fully saturated rings. The lowest BCUT2D eigenvalue weighted by molar-refractivity contribution is 0.665. The smallest absolute Gasteiger partial charge is 0.261 e. The fourth-order valence-corrected chi connectivity index (χ4v) is 2.75. The van der Waals surface area contributed by atoms with Crippen LogP contribution in [0.3, 0.4) is 0 Å². The van der Waals surface area contributed by atoms with Gasteiger partial charge in [0.2, 0.25) is 0 Å². The third-order valence-corrected chi connectivity index (χ3v) is 3.89. The normalized spacial score (nSPS) is 11.0. The van der Waals surface area contributed by atoms with Crippen LogP contribution < -0.4 is 5.56 Å². The molecule has 0 amide bonds. The molecule has 0 spiro atoms. The molecule has 0 saturated heterocycles. The molecule has 0 unspecified atom stereocenters. The Bertz CT molecular complexity index is 856. The average molecular weight is 313 g/mol. The Labute approximate surface area is 134 Å². The molecule has 22 heavy (non-hydrogen) atoms. The molecule has 4 heteroatoms. The predicted molar refractivity (Wildman–Crippen MR) is 90.6 cm³/mol. The SMILES string of the molecule is CCCc1nc2cc(Cl)ccc2c(=O)n1Cc1ccccc1. The molecule has 1 aromatic heterocycles. The number of hydrogen-bond donors (Lipinski definition) is 0. The highest BCUT2D eigenvalue weighted by Crippen LogP contribution is 2.16. The van der Waals surface area contributed by atoms with Crippen LogP contribution in [0.2, 0.25) is 5.02 Å². The molecule has 0 aliphatic rings. The lowest BCUT2D eigenvalue weighted by Crippen LogP contribution is -2.26. The standard InChI is InChI=1S/C18H17ClN2O/c1-2-6-17-20-16-11-14(19)9-10-15(16)18(22)21(17)12-13-7-4-3-5-8-13/h3-5,7-11H,2,6,12H2,1H3. The summed E-state index contributed by atoms with van der Waals surface area (Å²) in [5.74, 6) is 0.811. The van der Waals surface area contributed by atoms with Gasteiger partial charge >= 0.3 is 0 Å². The number of fused-ring (bicyclic) bond motifs is 1. The topological polar surface area (TPSA) is 34.9 Å². The summed E-state index contributed by atoms with van der Waals surface area (Å²) in [5.41, 5.74) is 1.76. The first-order valence-corrected chi connectivity index (χ1v) is 7.79. The van der Waals surface area contributed by atoms with Gasteiger partial charge in [-0.1, -0.05) is 48.9 Å². The molecule has 0 radical (unpaired) electrons. The zero-order valence-electron chi connectivity index (χ0n) is 12.4. The van der Waals surface area contributed by atoms with Crippen LogP contribution in [0.5, 0.6) is 0 Å². The minimum absolute atomic E-state index is 0.00558. The summed E-state index contributed by atoms with van der Waals surface area (Å²) < 4.78 is 1.77. The zero-order chi connectivity index (χ0) is 15.5. The number of benzene rings is 2. The summed E-state index contributed by atoms with van der Waals surface area (Å²) in [6, 6.07) is 15.2. The average Bonchev–Trinajstić information content (AvgIpc) is 2.52. The van der Waals surface area contributed by atoms with Crippen LogP contribution in [0.1, 0.15) is 24.7 Å². The molecule has 3 nitrogen and oxygen atoms in total. The van der Waals surface area contributed by atoms with Crippen LogP contribution in [-0.4, -0.2) is 9.55 Å². The minimum Gasteiger partial charge on any atom is -0.292 e. The Hall–Kier alpha value is -2.13. The molecular formula is C18H17ClN2O. The summed E-state index contributed by atoms with van der Waals surface area (Å²) in [7, 11) is 0. The van der Waals surface area contributed by atoms with Crippen molar-refractivity contribution >= 4 is 22.5 Å². The van der Waals surface area contributed by atoms with Gasteiger partial charge in [0, 0.05) is 11.4 Å². The van der Waals surface area contributed by atoms with E-state index in [4.69, 9.17) is 11.6 Å². The largest absolute Gasteiger partial charge is 0.292 e. The summed E-state index contributed by atoms with van der Waals surface area (Å²) in [4.78, 5) is 17.5. The van der Waals surface area contributed by atoms with Gasteiger partial charge in [-0.2, -0.15) is 0 Å². The van der Waals surface area contributed by atoms with E-state index >= 15 is 0 Å². The highest BCUT2D eigenvalue weighted by Gasteiger charge is 2.11. The number of halogens is 1. The molecule has 0 aliphatic carbocycles. The molecule has 2 aromatic carbocycles. The van der Waals surface area contributed by atoms with Gasteiger partial charge in [-0.05, 0) is 30.2 Å². The molecule has 0 saturated carbocycles. The van der Waals surface area contributed by atoms with E-state index in [2.05, 4.69) is 11.9 Å². The Morgan fingerprint density at radius 3 is 2.64 bits per heavy atom. The Kier molecular flexibility index (Phi) is 4.25. The predicted octanol–water partition coefficient (Wildman–Crippen LogP) is 4.05. The molecule has 3 aromatic rings. The summed E-state index contributed by atoms with van der Waals surface area (Å²) in [6.07, 6.45) is 1.71. The van der Waals surface area contributed by atoms with E-state index in [1.54, 1.807) is 22.8 Å². The lowest BCUT2D eigenvalue weighted by atomic mass is 10.2. The fourth-order valence-electron chi connectivity index (χ4n) is 2.58. The van der Waals surface area contributed by atoms with Crippen LogP contribution >= 0.6 is 11.6 Å². The third kappa shape index (κ3) is 2.90. The third-order valence-electron chi connectivity index (χ3n) is 3.65. The lowest BCUT2D eigenvalue weighted by Gasteiger charge is -2.13. The second-order valence-electron chi connectivity index (χ2n) is 5.32. The van der Waals surface area contributed by atoms with Crippen LogP contribution in [0.25, 0.3) is 10.9 Å². The second-order valence-corrected chi connectivity index (χ2v) is 5.75. The number of aryl methyl sites for hydroxylation is 1. The molecule has 1 heterocycles. The van der Waals surface area contributed by atoms with Crippen LogP contribution in [0, 0.1) is 0 Å². The van der Waals surface area contributed by atoms with E-state index in [-0.39, 0.29) is 5.56 Å². The molecule has 0 aliphatic heterocycles. The quantitative estimate of drug-likeness (QED) is 0.728. The van der Waals surface area contributed by atoms with E-state index in [0.717, 1.165) is 24.2 Å². The van der Waals surface area contributed by atoms with Gasteiger partial charge in [0.25, 0.3) is 5.56 Å². The van der Waals surface area contributed by atoms with Crippen molar-refractivity contribution < 1.29 is 0 Å². The van der Waals surface area contributed by atoms with Crippen LogP contribution in [0.15, 0.2) is 53.3 Å². The Morgan fingerprint density at radius 2 is 1.91 bits per heavy atom. The van der Waals surface area contributed by atoms with Crippen molar-refractivity contribution in [3.63, 3.8) is 0 Å². The maximum Gasteiger partial charge on any atom is 0.261 e. The van der Waals surface area contributed by atoms with E-state index in [0.29, 0.717) is 22.5 Å². The minimum atomic E-state index is -0.00558. The zero-order valence-corrected chi connectivity index (χ0v) is 13.2. The van der Waals surface area contributed by atoms with E-state index < -0.39 is 0 Å². The van der Waals surface area contributed by atoms with Gasteiger partial charge in [0.05, 0.1) is 17.4 Å². The van der Waals surface area contributed by atoms with Gasteiger partial charge in [0.15, 0.2) is 0 Å². The van der Waals surface area contributed by atoms with E-state index in [9.17, 15) is 4.79 Å². The highest BCUT2D eigenvalue weighted by atomic mass is 35.5. The van der Waals surface area contributed by atoms with E-state index in [1.165, 1.54) is 0 Å². The molecular weight excluding hydrogens is 296 g/mol. The number of rotatable bonds is 4. The number of aromatic nitrogens is 2. The maximum absolute atomic E-state index is 12.8. The summed E-state index contributed by atoms with van der Waals surface area (Å²) in [6.45, 7) is 2.63. The molecule has 0 N–H and O–H groups in total. The second kappa shape index (κ2) is 6.32. The van der Waals surface area contributed by atoms with Crippen molar-refractivity contribution in [3.8, 4) is 0 Å². The van der Waals surface area contributed by atoms with Crippen molar-refractivity contribution in [1.29, 1.82) is 0 Å². The fraction of sp³-hybridized carbons (Fsp3) is 0.222. The van der Waals surface area contributed by atoms with E-state index in [1.807, 2.05) is 30.3 Å². The Morgan fingerprint density at radius 1 is 1.14 bits per heavy atom. The van der Waals surface area contributed by atoms with Crippen molar-refractivity contribution in [2.45, 2.75) is 26.3 Å². The number of nitrogens with zero attached hydrogens (tertiary/aromatic N) is 2. The summed E-state index contributed by atoms with van der Waals surface area (Å²) >= 11 is 6.02. The van der Waals surface area contributed by atoms with Crippen LogP contribution in [-0.2, 0) is 13.0 Å². The van der Waals surface area contributed by atoms with Gasteiger partial charge in [0.1, 0.15) is 5.82 Å². The first-order chi connectivity index (χ1) is 10.7. The van der Waals surface area contributed by atoms with Gasteiger partial charge < -0.3 is 0 Å². The summed E-state index contributed by atoms with van der Waals surface area (Å²) in [5, 5.41) is 1.21. The van der Waals surface area contributed by atoms with Crippen molar-refractivity contribution in [2.75, 3.05) is 0 Å². The molecule has 3 rings (SSSR count).